The normalized spacial score (nSPS) is 11.0. The van der Waals surface area contributed by atoms with E-state index in [1.54, 1.807) is 22.8 Å². The molecule has 0 fully saturated rings. The average Bonchev–Trinajstić information content (AvgIpc) is 2.68. The van der Waals surface area contributed by atoms with E-state index in [0.29, 0.717) is 16.5 Å². The zero-order valence-corrected chi connectivity index (χ0v) is 10.0. The Balaban J connectivity index is 2.34. The molecular formula is C13H9ClFN3. The average molecular weight is 262 g/mol. The van der Waals surface area contributed by atoms with Crippen LogP contribution < -0.4 is 5.73 Å². The number of benzene rings is 2. The highest BCUT2D eigenvalue weighted by molar-refractivity contribution is 6.35. The van der Waals surface area contributed by atoms with E-state index in [-0.39, 0.29) is 5.82 Å². The number of nitrogens with two attached hydrogens (primary N) is 1. The molecule has 0 unspecified atom stereocenters. The first kappa shape index (κ1) is 11.0. The van der Waals surface area contributed by atoms with Gasteiger partial charge in [0.25, 0.3) is 0 Å². The zero-order valence-electron chi connectivity index (χ0n) is 9.27. The van der Waals surface area contributed by atoms with Crippen LogP contribution in [0.4, 0.5) is 10.3 Å². The number of halogens is 2. The number of hydrogen-bond donors (Lipinski definition) is 1. The predicted molar refractivity (Wildman–Crippen MR) is 70.5 cm³/mol. The first-order valence-electron chi connectivity index (χ1n) is 5.35. The van der Waals surface area contributed by atoms with Crippen molar-refractivity contribution in [2.45, 2.75) is 0 Å². The molecule has 1 aromatic heterocycles. The van der Waals surface area contributed by atoms with Crippen LogP contribution in [0.15, 0.2) is 42.5 Å². The summed E-state index contributed by atoms with van der Waals surface area (Å²) in [5.41, 5.74) is 8.06. The Morgan fingerprint density at radius 2 is 1.83 bits per heavy atom. The summed E-state index contributed by atoms with van der Waals surface area (Å²) in [5.74, 6) is 0.0255. The number of para-hydroxylation sites is 1. The molecule has 2 N–H and O–H groups in total. The molecule has 5 heteroatoms. The summed E-state index contributed by atoms with van der Waals surface area (Å²) in [5, 5.41) is 0.557. The molecule has 0 aliphatic heterocycles. The maximum absolute atomic E-state index is 12.9. The molecule has 0 atom stereocenters. The van der Waals surface area contributed by atoms with Gasteiger partial charge in [-0.1, -0.05) is 17.7 Å². The lowest BCUT2D eigenvalue weighted by Gasteiger charge is -2.07. The van der Waals surface area contributed by atoms with E-state index < -0.39 is 0 Å². The second-order valence-electron chi connectivity index (χ2n) is 3.89. The Morgan fingerprint density at radius 3 is 2.56 bits per heavy atom. The highest BCUT2D eigenvalue weighted by Gasteiger charge is 2.12. The second-order valence-corrected chi connectivity index (χ2v) is 4.30. The van der Waals surface area contributed by atoms with Crippen LogP contribution in [0.3, 0.4) is 0 Å². The van der Waals surface area contributed by atoms with Crippen molar-refractivity contribution in [3.05, 3.63) is 53.3 Å². The lowest BCUT2D eigenvalue weighted by atomic mass is 10.2. The molecule has 0 aliphatic carbocycles. The molecule has 0 bridgehead atoms. The summed E-state index contributed by atoms with van der Waals surface area (Å²) in [4.78, 5) is 4.24. The van der Waals surface area contributed by atoms with Crippen molar-refractivity contribution in [3.63, 3.8) is 0 Å². The van der Waals surface area contributed by atoms with Gasteiger partial charge in [0.15, 0.2) is 0 Å². The van der Waals surface area contributed by atoms with Crippen LogP contribution in [0.25, 0.3) is 16.7 Å². The maximum Gasteiger partial charge on any atom is 0.205 e. The van der Waals surface area contributed by atoms with Crippen molar-refractivity contribution in [1.29, 1.82) is 0 Å². The highest BCUT2D eigenvalue weighted by Crippen LogP contribution is 2.28. The van der Waals surface area contributed by atoms with Gasteiger partial charge in [-0.3, -0.25) is 4.57 Å². The van der Waals surface area contributed by atoms with Gasteiger partial charge < -0.3 is 5.73 Å². The van der Waals surface area contributed by atoms with E-state index in [0.717, 1.165) is 11.2 Å². The van der Waals surface area contributed by atoms with Crippen molar-refractivity contribution in [2.24, 2.45) is 0 Å². The summed E-state index contributed by atoms with van der Waals surface area (Å²) in [6.45, 7) is 0. The molecule has 0 spiro atoms. The zero-order chi connectivity index (χ0) is 12.7. The minimum absolute atomic E-state index is 0.298. The maximum atomic E-state index is 12.9. The van der Waals surface area contributed by atoms with Crippen molar-refractivity contribution in [2.75, 3.05) is 5.73 Å². The van der Waals surface area contributed by atoms with Crippen LogP contribution in [0.2, 0.25) is 5.02 Å². The molecule has 0 saturated carbocycles. The third-order valence-corrected chi connectivity index (χ3v) is 3.04. The lowest BCUT2D eigenvalue weighted by molar-refractivity contribution is 0.627. The van der Waals surface area contributed by atoms with Crippen molar-refractivity contribution < 1.29 is 4.39 Å². The number of hydrogen-bond acceptors (Lipinski definition) is 2. The Kier molecular flexibility index (Phi) is 2.45. The molecule has 3 rings (SSSR count). The molecule has 18 heavy (non-hydrogen) atoms. The monoisotopic (exact) mass is 261 g/mol. The van der Waals surface area contributed by atoms with Gasteiger partial charge in [0.05, 0.1) is 16.1 Å². The van der Waals surface area contributed by atoms with Gasteiger partial charge in [-0.2, -0.15) is 0 Å². The van der Waals surface area contributed by atoms with Crippen LogP contribution in [0, 0.1) is 5.82 Å². The van der Waals surface area contributed by atoms with E-state index in [4.69, 9.17) is 17.3 Å². The minimum atomic E-state index is -0.298. The van der Waals surface area contributed by atoms with Crippen LogP contribution >= 0.6 is 11.6 Å². The van der Waals surface area contributed by atoms with Crippen molar-refractivity contribution in [3.8, 4) is 5.69 Å². The highest BCUT2D eigenvalue weighted by atomic mass is 35.5. The quantitative estimate of drug-likeness (QED) is 0.730. The van der Waals surface area contributed by atoms with Crippen LogP contribution in [0.1, 0.15) is 0 Å². The second kappa shape index (κ2) is 3.99. The molecule has 2 aromatic carbocycles. The third-order valence-electron chi connectivity index (χ3n) is 2.74. The Hall–Kier alpha value is -2.07. The fourth-order valence-corrected chi connectivity index (χ4v) is 2.21. The summed E-state index contributed by atoms with van der Waals surface area (Å²) in [6, 6.07) is 11.4. The van der Waals surface area contributed by atoms with Crippen LogP contribution in [0.5, 0.6) is 0 Å². The van der Waals surface area contributed by atoms with E-state index in [2.05, 4.69) is 4.98 Å². The molecule has 1 heterocycles. The first-order valence-corrected chi connectivity index (χ1v) is 5.73. The van der Waals surface area contributed by atoms with Crippen molar-refractivity contribution >= 4 is 28.6 Å². The summed E-state index contributed by atoms with van der Waals surface area (Å²) >= 11 is 6.17. The molecule has 3 aromatic rings. The van der Waals surface area contributed by atoms with Gasteiger partial charge in [0.1, 0.15) is 5.82 Å². The SMILES string of the molecule is Nc1nc2cccc(Cl)c2n1-c1ccc(F)cc1. The van der Waals surface area contributed by atoms with E-state index in [9.17, 15) is 4.39 Å². The van der Waals surface area contributed by atoms with E-state index in [1.165, 1.54) is 12.1 Å². The molecule has 90 valence electrons. The summed E-state index contributed by atoms with van der Waals surface area (Å²) in [6.07, 6.45) is 0. The Morgan fingerprint density at radius 1 is 1.11 bits per heavy atom. The topological polar surface area (TPSA) is 43.8 Å². The fraction of sp³-hybridized carbons (Fsp3) is 0. The first-order chi connectivity index (χ1) is 8.66. The van der Waals surface area contributed by atoms with Gasteiger partial charge in [-0.05, 0) is 36.4 Å². The smallest absolute Gasteiger partial charge is 0.205 e. The fourth-order valence-electron chi connectivity index (χ4n) is 1.96. The summed E-state index contributed by atoms with van der Waals surface area (Å²) < 4.78 is 14.6. The van der Waals surface area contributed by atoms with Gasteiger partial charge in [-0.25, -0.2) is 9.37 Å². The van der Waals surface area contributed by atoms with Gasteiger partial charge in [-0.15, -0.1) is 0 Å². The molecule has 0 saturated heterocycles. The number of nitrogen functional groups attached to an aromatic ring is 1. The van der Waals surface area contributed by atoms with Crippen LogP contribution in [-0.2, 0) is 0 Å². The predicted octanol–water partition coefficient (Wildman–Crippen LogP) is 3.40. The number of anilines is 1. The van der Waals surface area contributed by atoms with Gasteiger partial charge >= 0.3 is 0 Å². The Bertz CT molecular complexity index is 719. The third kappa shape index (κ3) is 1.62. The Labute approximate surface area is 108 Å². The molecule has 0 aliphatic rings. The molecular weight excluding hydrogens is 253 g/mol. The molecule has 0 amide bonds. The summed E-state index contributed by atoms with van der Waals surface area (Å²) in [7, 11) is 0. The molecule has 3 nitrogen and oxygen atoms in total. The minimum Gasteiger partial charge on any atom is -0.369 e. The number of nitrogens with zero attached hydrogens (tertiary/aromatic N) is 2. The molecule has 0 radical (unpaired) electrons. The number of fused-ring (bicyclic) bond motifs is 1. The van der Waals surface area contributed by atoms with Crippen LogP contribution in [-0.4, -0.2) is 9.55 Å². The lowest BCUT2D eigenvalue weighted by Crippen LogP contribution is -2.00. The van der Waals surface area contributed by atoms with Crippen molar-refractivity contribution in [1.82, 2.24) is 9.55 Å². The number of imidazole rings is 1. The van der Waals surface area contributed by atoms with Gasteiger partial charge in [0.2, 0.25) is 5.95 Å². The van der Waals surface area contributed by atoms with E-state index >= 15 is 0 Å². The largest absolute Gasteiger partial charge is 0.369 e. The standard InChI is InChI=1S/C13H9ClFN3/c14-10-2-1-3-11-12(10)18(13(16)17-11)9-6-4-8(15)5-7-9/h1-7H,(H2,16,17). The van der Waals surface area contributed by atoms with E-state index in [1.807, 2.05) is 12.1 Å². The van der Waals surface area contributed by atoms with Gasteiger partial charge in [0, 0.05) is 5.69 Å². The number of rotatable bonds is 1. The number of aromatic nitrogens is 2.